The largest absolute Gasteiger partial charge is 0.472 e. The van der Waals surface area contributed by atoms with Crippen LogP contribution in [0.15, 0.2) is 146 Å². The lowest BCUT2D eigenvalue weighted by Gasteiger charge is -2.21. The summed E-state index contributed by atoms with van der Waals surface area (Å²) in [6.07, 6.45) is 117. The van der Waals surface area contributed by atoms with Gasteiger partial charge in [0.25, 0.3) is 0 Å². The Morgan fingerprint density at radius 3 is 0.664 bits per heavy atom. The van der Waals surface area contributed by atoms with E-state index in [4.69, 9.17) is 32.3 Å². The Labute approximate surface area is 728 Å². The summed E-state index contributed by atoms with van der Waals surface area (Å²) < 4.78 is 61.6. The molecule has 0 amide bonds. The van der Waals surface area contributed by atoms with Crippen LogP contribution in [0.3, 0.4) is 0 Å². The molecule has 0 aromatic carbocycles. The van der Waals surface area contributed by atoms with Gasteiger partial charge in [0.05, 0.1) is 26.4 Å². The number of carbonyl (C=O) groups is 3. The number of hydrogen-bond acceptors (Lipinski definition) is 14. The first-order valence-electron chi connectivity index (χ1n) is 48.1. The smallest absolute Gasteiger partial charge is 0.463 e. The van der Waals surface area contributed by atoms with Crippen molar-refractivity contribution >= 4 is 33.6 Å². The zero-order chi connectivity index (χ0) is 86.5. The van der Waals surface area contributed by atoms with Crippen molar-refractivity contribution < 1.29 is 75.8 Å². The van der Waals surface area contributed by atoms with Gasteiger partial charge in [0, 0.05) is 19.3 Å². The minimum absolute atomic E-state index is 0.0933. The predicted molar refractivity (Wildman–Crippen MR) is 500 cm³/mol. The van der Waals surface area contributed by atoms with Crippen molar-refractivity contribution in [2.24, 2.45) is 0 Å². The van der Waals surface area contributed by atoms with E-state index in [2.05, 4.69) is 167 Å². The zero-order valence-electron chi connectivity index (χ0n) is 75.8. The third-order valence-electron chi connectivity index (χ3n) is 20.5. The Morgan fingerprint density at radius 1 is 0.235 bits per heavy atom. The zero-order valence-corrected chi connectivity index (χ0v) is 77.5. The Morgan fingerprint density at radius 2 is 0.420 bits per heavy atom. The van der Waals surface area contributed by atoms with Gasteiger partial charge < -0.3 is 34.2 Å². The lowest BCUT2D eigenvalue weighted by molar-refractivity contribution is -0.161. The molecule has 0 radical (unpaired) electrons. The van der Waals surface area contributed by atoms with Crippen molar-refractivity contribution in [3.63, 3.8) is 0 Å². The quantitative estimate of drug-likeness (QED) is 0.0146. The number of phosphoric ester groups is 2. The predicted octanol–water partition coefficient (Wildman–Crippen LogP) is 29.9. The number of ether oxygens (including phenoxy) is 3. The summed E-state index contributed by atoms with van der Waals surface area (Å²) in [5.41, 5.74) is 0. The normalized spacial score (nSPS) is 14.4. The summed E-state index contributed by atoms with van der Waals surface area (Å²) in [6.45, 7) is 2.65. The molecule has 0 aliphatic carbocycles. The number of phosphoric acid groups is 2. The van der Waals surface area contributed by atoms with E-state index in [0.29, 0.717) is 19.3 Å². The van der Waals surface area contributed by atoms with E-state index in [0.717, 1.165) is 141 Å². The Balaban J connectivity index is 4.59. The number of aliphatic hydroxyl groups is 2. The van der Waals surface area contributed by atoms with Crippen LogP contribution in [0, 0.1) is 0 Å². The van der Waals surface area contributed by atoms with Crippen LogP contribution in [0.4, 0.5) is 0 Å². The number of unbranched alkanes of at least 4 members (excludes halogenated alkanes) is 44. The van der Waals surface area contributed by atoms with Crippen molar-refractivity contribution in [2.75, 3.05) is 39.6 Å². The second-order valence-corrected chi connectivity index (χ2v) is 35.1. The molecule has 0 fully saturated rings. The topological polar surface area (TPSA) is 231 Å². The minimum Gasteiger partial charge on any atom is -0.463 e. The van der Waals surface area contributed by atoms with Gasteiger partial charge in [-0.1, -0.05) is 391 Å². The first kappa shape index (κ1) is 114. The van der Waals surface area contributed by atoms with E-state index in [1.54, 1.807) is 0 Å². The molecule has 0 aliphatic rings. The van der Waals surface area contributed by atoms with Crippen LogP contribution in [0.1, 0.15) is 419 Å². The lowest BCUT2D eigenvalue weighted by Crippen LogP contribution is -2.30. The van der Waals surface area contributed by atoms with Crippen LogP contribution in [-0.4, -0.2) is 95.9 Å². The first-order chi connectivity index (χ1) is 58.2. The van der Waals surface area contributed by atoms with Gasteiger partial charge in [-0.2, -0.15) is 0 Å². The van der Waals surface area contributed by atoms with Gasteiger partial charge in [0.1, 0.15) is 25.4 Å². The highest BCUT2D eigenvalue weighted by Gasteiger charge is 2.30. The summed E-state index contributed by atoms with van der Waals surface area (Å²) in [5.74, 6) is -1.57. The Hall–Kier alpha value is -4.57. The summed E-state index contributed by atoms with van der Waals surface area (Å²) in [4.78, 5) is 59.1. The second-order valence-electron chi connectivity index (χ2n) is 32.2. The maximum Gasteiger partial charge on any atom is 0.472 e. The summed E-state index contributed by atoms with van der Waals surface area (Å²) in [5, 5.41) is 20.8. The highest BCUT2D eigenvalue weighted by molar-refractivity contribution is 7.47. The molecule has 16 nitrogen and oxygen atoms in total. The maximum absolute atomic E-state index is 13.1. The highest BCUT2D eigenvalue weighted by atomic mass is 31.2. The fourth-order valence-electron chi connectivity index (χ4n) is 13.2. The number of allylic oxidation sites excluding steroid dienone is 24. The van der Waals surface area contributed by atoms with Gasteiger partial charge in [-0.15, -0.1) is 0 Å². The maximum atomic E-state index is 13.1. The molecule has 0 aliphatic heterocycles. The van der Waals surface area contributed by atoms with Crippen LogP contribution in [0.2, 0.25) is 0 Å². The third kappa shape index (κ3) is 94.0. The second kappa shape index (κ2) is 92.6. The number of aliphatic hydroxyl groups excluding tert-OH is 2. The summed E-state index contributed by atoms with van der Waals surface area (Å²) >= 11 is 0. The number of rotatable bonds is 91. The van der Waals surface area contributed by atoms with Gasteiger partial charge in [-0.05, 0) is 154 Å². The van der Waals surface area contributed by atoms with Crippen LogP contribution in [-0.2, 0) is 55.8 Å². The fourth-order valence-corrected chi connectivity index (χ4v) is 14.8. The average molecular weight is 1710 g/mol. The van der Waals surface area contributed by atoms with Crippen LogP contribution >= 0.6 is 15.6 Å². The molecule has 5 atom stereocenters. The van der Waals surface area contributed by atoms with Crippen LogP contribution < -0.4 is 0 Å². The van der Waals surface area contributed by atoms with Crippen LogP contribution in [0.25, 0.3) is 0 Å². The monoisotopic (exact) mass is 1710 g/mol. The molecule has 0 heterocycles. The standard InChI is InChI=1S/C101H176O16P2/c1-4-7-10-13-16-19-22-25-28-31-34-37-40-43-44-45-46-47-48-49-50-53-55-57-60-63-66-69-72-75-78-81-84-87-99(104)111-90-96(102)91-113-118(107,108)114-92-97(103)93-115-119(109,110)116-95-98(117-101(106)89-86-83-80-77-74-71-68-65-62-59-56-52-42-39-36-33-30-27-24-21-18-15-12-9-6-3)94-112-100(105)88-85-82-79-76-73-70-67-64-61-58-54-51-41-38-35-32-29-26-23-20-17-14-11-8-5-2/h16-21,25-30,34-39,43-44,51-52,54,56,96-98,102-103H,4-15,22-24,31-33,40-42,45-50,53,55,57-95H2,1-3H3,(H,107,108)(H,109,110)/b19-16-,20-17-,21-18-,28-25-,29-26-,30-27-,37-34-,38-35-,39-36-,44-43-,54-51-,56-52-. The molecule has 18 heteroatoms. The molecule has 686 valence electrons. The van der Waals surface area contributed by atoms with Crippen molar-refractivity contribution in [3.05, 3.63) is 146 Å². The molecule has 0 aromatic heterocycles. The third-order valence-corrected chi connectivity index (χ3v) is 22.4. The van der Waals surface area contributed by atoms with Crippen molar-refractivity contribution in [2.45, 2.75) is 437 Å². The van der Waals surface area contributed by atoms with Gasteiger partial charge >= 0.3 is 33.6 Å². The average Bonchev–Trinajstić information content (AvgIpc) is 0.902. The highest BCUT2D eigenvalue weighted by Crippen LogP contribution is 2.45. The van der Waals surface area contributed by atoms with Crippen molar-refractivity contribution in [1.29, 1.82) is 0 Å². The van der Waals surface area contributed by atoms with E-state index >= 15 is 0 Å². The molecule has 5 unspecified atom stereocenters. The van der Waals surface area contributed by atoms with E-state index in [1.165, 1.54) is 218 Å². The molecule has 0 saturated carbocycles. The van der Waals surface area contributed by atoms with Crippen molar-refractivity contribution in [1.82, 2.24) is 0 Å². The molecule has 4 N–H and O–H groups in total. The Bertz CT molecular complexity index is 2740. The van der Waals surface area contributed by atoms with Gasteiger partial charge in [-0.3, -0.25) is 32.5 Å². The van der Waals surface area contributed by atoms with E-state index in [1.807, 2.05) is 0 Å². The summed E-state index contributed by atoms with van der Waals surface area (Å²) in [6, 6.07) is 0. The molecule has 0 saturated heterocycles. The molecule has 119 heavy (non-hydrogen) atoms. The lowest BCUT2D eigenvalue weighted by atomic mass is 10.0. The van der Waals surface area contributed by atoms with Gasteiger partial charge in [0.2, 0.25) is 0 Å². The van der Waals surface area contributed by atoms with E-state index in [9.17, 15) is 43.5 Å². The Kier molecular flexibility index (Phi) is 89.1. The number of esters is 3. The first-order valence-corrected chi connectivity index (χ1v) is 51.1. The van der Waals surface area contributed by atoms with Gasteiger partial charge in [0.15, 0.2) is 6.10 Å². The molecule has 0 spiro atoms. The molecule has 0 aromatic rings. The molecule has 0 rings (SSSR count). The number of hydrogen-bond donors (Lipinski definition) is 4. The van der Waals surface area contributed by atoms with Crippen LogP contribution in [0.5, 0.6) is 0 Å². The fraction of sp³-hybridized carbons (Fsp3) is 0.733. The molecular formula is C101H176O16P2. The van der Waals surface area contributed by atoms with E-state index < -0.39 is 91.5 Å². The molecule has 0 bridgehead atoms. The van der Waals surface area contributed by atoms with E-state index in [-0.39, 0.29) is 19.3 Å². The minimum atomic E-state index is -4.95. The van der Waals surface area contributed by atoms with Crippen molar-refractivity contribution in [3.8, 4) is 0 Å². The summed E-state index contributed by atoms with van der Waals surface area (Å²) in [7, 11) is -9.81. The van der Waals surface area contributed by atoms with Gasteiger partial charge in [-0.25, -0.2) is 9.13 Å². The molecular weight excluding hydrogens is 1530 g/mol. The number of carbonyl (C=O) groups excluding carboxylic acids is 3. The SMILES string of the molecule is CCCCC/C=C\C/C=C\C/C=C\C/C=C\CCCCCCCCCCCCCCCCCCCC(=O)OCC(O)COP(=O)(O)OCC(O)COP(=O)(O)OCC(COC(=O)CCCCCCCCCCC/C=C\C/C=C\C/C=C\C/C=C\CCCCC)OC(=O)CCCCCCCCCCC/C=C\C/C=C\C/C=C\C/C=C\CCCCC.